The lowest BCUT2D eigenvalue weighted by Crippen LogP contribution is -2.58. The van der Waals surface area contributed by atoms with Crippen molar-refractivity contribution in [3.05, 3.63) is 0 Å². The molecule has 1 spiro atoms. The molecule has 1 unspecified atom stereocenters. The van der Waals surface area contributed by atoms with E-state index in [9.17, 15) is 14.7 Å². The number of carboxylic acids is 1. The Labute approximate surface area is 293 Å². The lowest BCUT2D eigenvalue weighted by atomic mass is 9.78. The van der Waals surface area contributed by atoms with E-state index in [1.54, 1.807) is 14.0 Å². The molecule has 6 aliphatic heterocycles. The maximum Gasteiger partial charge on any atom is 0.309 e. The van der Waals surface area contributed by atoms with Gasteiger partial charge in [-0.05, 0) is 83.5 Å². The van der Waals surface area contributed by atoms with Crippen molar-refractivity contribution in [3.8, 4) is 0 Å². The van der Waals surface area contributed by atoms with Crippen LogP contribution in [0, 0.1) is 41.4 Å². The topological polar surface area (TPSA) is 119 Å². The maximum absolute atomic E-state index is 12.5. The Bertz CT molecular complexity index is 1210. The summed E-state index contributed by atoms with van der Waals surface area (Å²) in [5, 5.41) is 9.69. The molecule has 280 valence electrons. The second-order valence-corrected chi connectivity index (χ2v) is 17.7. The highest BCUT2D eigenvalue weighted by Crippen LogP contribution is 2.57. The minimum Gasteiger partial charge on any atom is -0.481 e. The minimum absolute atomic E-state index is 0.00676. The molecular weight excluding hydrogens is 628 g/mol. The fourth-order valence-electron chi connectivity index (χ4n) is 10.9. The zero-order valence-electron chi connectivity index (χ0n) is 31.6. The van der Waals surface area contributed by atoms with Gasteiger partial charge in [-0.2, -0.15) is 0 Å². The van der Waals surface area contributed by atoms with Gasteiger partial charge in [0, 0.05) is 31.8 Å². The van der Waals surface area contributed by atoms with Crippen LogP contribution in [0.15, 0.2) is 0 Å². The third-order valence-electron chi connectivity index (χ3n) is 13.7. The molecule has 6 saturated heterocycles. The molecule has 0 saturated carbocycles. The van der Waals surface area contributed by atoms with Crippen molar-refractivity contribution in [3.63, 3.8) is 0 Å². The van der Waals surface area contributed by atoms with Gasteiger partial charge in [-0.1, -0.05) is 41.5 Å². The van der Waals surface area contributed by atoms with Gasteiger partial charge in [0.1, 0.15) is 6.10 Å². The van der Waals surface area contributed by atoms with Gasteiger partial charge in [0.25, 0.3) is 0 Å². The maximum atomic E-state index is 12.5. The molecule has 0 aliphatic carbocycles. The first-order chi connectivity index (χ1) is 23.0. The van der Waals surface area contributed by atoms with Gasteiger partial charge < -0.3 is 38.3 Å². The summed E-state index contributed by atoms with van der Waals surface area (Å²) in [6, 6.07) is 0. The smallest absolute Gasteiger partial charge is 0.309 e. The summed E-state index contributed by atoms with van der Waals surface area (Å²) >= 11 is 0. The van der Waals surface area contributed by atoms with Crippen LogP contribution in [0.2, 0.25) is 0 Å². The summed E-state index contributed by atoms with van der Waals surface area (Å²) in [6.45, 7) is 19.0. The number of aliphatic carboxylic acids is 1. The van der Waals surface area contributed by atoms with Gasteiger partial charge in [0.15, 0.2) is 5.79 Å². The van der Waals surface area contributed by atoms with Crippen molar-refractivity contribution in [1.82, 2.24) is 0 Å². The van der Waals surface area contributed by atoms with Crippen molar-refractivity contribution in [2.45, 2.75) is 186 Å². The Hall–Kier alpha value is -1.30. The first kappa shape index (κ1) is 37.5. The summed E-state index contributed by atoms with van der Waals surface area (Å²) in [4.78, 5) is 24.3. The highest BCUT2D eigenvalue weighted by molar-refractivity contribution is 5.73. The fraction of sp³-hybridized carbons (Fsp3) is 0.949. The van der Waals surface area contributed by atoms with E-state index >= 15 is 0 Å². The number of hydrogen-bond acceptors (Lipinski definition) is 9. The molecule has 0 radical (unpaired) electrons. The second kappa shape index (κ2) is 13.9. The third kappa shape index (κ3) is 6.85. The molecule has 0 aromatic carbocycles. The van der Waals surface area contributed by atoms with Crippen LogP contribution in [0.4, 0.5) is 0 Å². The van der Waals surface area contributed by atoms with Crippen LogP contribution in [0.25, 0.3) is 0 Å². The van der Waals surface area contributed by atoms with E-state index in [0.29, 0.717) is 6.42 Å². The number of cyclic esters (lactones) is 1. The van der Waals surface area contributed by atoms with Crippen molar-refractivity contribution < 1.29 is 47.9 Å². The molecule has 6 aliphatic rings. The Kier molecular flexibility index (Phi) is 10.6. The molecule has 18 atom stereocenters. The predicted molar refractivity (Wildman–Crippen MR) is 182 cm³/mol. The molecule has 6 fully saturated rings. The quantitative estimate of drug-likeness (QED) is 0.281. The fourth-order valence-corrected chi connectivity index (χ4v) is 10.9. The van der Waals surface area contributed by atoms with Crippen LogP contribution in [0.1, 0.15) is 120 Å². The summed E-state index contributed by atoms with van der Waals surface area (Å²) in [6.07, 6.45) is 6.34. The lowest BCUT2D eigenvalue weighted by molar-refractivity contribution is -0.352. The van der Waals surface area contributed by atoms with Gasteiger partial charge in [-0.25, -0.2) is 0 Å². The number of ether oxygens (including phenoxy) is 7. The SMILES string of the molecule is CO[C@@H]1C[C@@H](C[C@H]2CC[C@H](C)[C@H]([C@@H](C)C(=O)O)O2)OC2(O[C@](C)([C@H]3CC[C@@](C)([C@@H]4O[C@@H]([C@H]5OC(=O)[C@H](C)C[C@@H]5C)C[C@@H]4C)O3)C[C@H]2C)[C@@H]1C. The molecule has 10 heteroatoms. The van der Waals surface area contributed by atoms with Crippen LogP contribution >= 0.6 is 0 Å². The summed E-state index contributed by atoms with van der Waals surface area (Å²) in [7, 11) is 1.77. The molecule has 0 aromatic heterocycles. The summed E-state index contributed by atoms with van der Waals surface area (Å²) in [5.74, 6) is -1.55. The summed E-state index contributed by atoms with van der Waals surface area (Å²) < 4.78 is 46.6. The van der Waals surface area contributed by atoms with Crippen molar-refractivity contribution in [1.29, 1.82) is 0 Å². The van der Waals surface area contributed by atoms with Crippen LogP contribution < -0.4 is 0 Å². The van der Waals surface area contributed by atoms with Crippen LogP contribution in [-0.4, -0.2) is 90.0 Å². The molecule has 10 nitrogen and oxygen atoms in total. The average molecular weight is 693 g/mol. The Balaban J connectivity index is 1.13. The van der Waals surface area contributed by atoms with E-state index < -0.39 is 28.9 Å². The highest BCUT2D eigenvalue weighted by Gasteiger charge is 2.65. The van der Waals surface area contributed by atoms with Gasteiger partial charge in [-0.15, -0.1) is 0 Å². The van der Waals surface area contributed by atoms with Crippen LogP contribution in [0.3, 0.4) is 0 Å². The van der Waals surface area contributed by atoms with Gasteiger partial charge in [0.2, 0.25) is 0 Å². The molecule has 0 bridgehead atoms. The molecule has 6 rings (SSSR count). The molecule has 0 amide bonds. The number of carbonyl (C=O) groups is 2. The first-order valence-corrected chi connectivity index (χ1v) is 19.3. The van der Waals surface area contributed by atoms with Crippen molar-refractivity contribution in [2.24, 2.45) is 41.4 Å². The molecular formula is C39H64O10. The van der Waals surface area contributed by atoms with Crippen molar-refractivity contribution in [2.75, 3.05) is 7.11 Å². The predicted octanol–water partition coefficient (Wildman–Crippen LogP) is 6.55. The molecule has 6 heterocycles. The first-order valence-electron chi connectivity index (χ1n) is 19.3. The monoisotopic (exact) mass is 692 g/mol. The number of rotatable bonds is 8. The van der Waals surface area contributed by atoms with E-state index in [-0.39, 0.29) is 90.3 Å². The summed E-state index contributed by atoms with van der Waals surface area (Å²) in [5.41, 5.74) is -1.04. The van der Waals surface area contributed by atoms with Gasteiger partial charge >= 0.3 is 11.9 Å². The zero-order chi connectivity index (χ0) is 35.6. The number of carbonyl (C=O) groups excluding carboxylic acids is 1. The Morgan fingerprint density at radius 3 is 2.35 bits per heavy atom. The molecule has 1 N–H and O–H groups in total. The minimum atomic E-state index is -0.837. The molecule has 0 aromatic rings. The normalized spacial score (nSPS) is 52.7. The Morgan fingerprint density at radius 2 is 1.65 bits per heavy atom. The highest BCUT2D eigenvalue weighted by atomic mass is 16.7. The van der Waals surface area contributed by atoms with E-state index in [1.165, 1.54) is 0 Å². The van der Waals surface area contributed by atoms with E-state index in [4.69, 9.17) is 33.2 Å². The standard InChI is InChI=1S/C39H64O10/c1-20-11-12-27(44-32(20)25(6)35(40)41)17-28-18-29(43-10)26(7)39(47-28)24(5)19-38(9,49-39)31-13-14-37(8,48-31)34-22(3)16-30(45-34)33-21(2)15-23(4)36(42)46-33/h20-34H,11-19H2,1-10H3,(H,40,41)/t20-,21-,22-,23+,24+,25+,26+,27+,28+,29+,30+,31+,32+,33-,34+,37-,38-,39?/m0/s1. The van der Waals surface area contributed by atoms with Crippen molar-refractivity contribution >= 4 is 11.9 Å². The zero-order valence-corrected chi connectivity index (χ0v) is 31.6. The van der Waals surface area contributed by atoms with E-state index in [1.807, 2.05) is 6.92 Å². The van der Waals surface area contributed by atoms with Crippen LogP contribution in [0.5, 0.6) is 0 Å². The number of methoxy groups -OCH3 is 1. The number of carboxylic acid groups (broad SMARTS) is 1. The van der Waals surface area contributed by atoms with Gasteiger partial charge in [-0.3, -0.25) is 9.59 Å². The molecule has 49 heavy (non-hydrogen) atoms. The second-order valence-electron chi connectivity index (χ2n) is 17.7. The number of esters is 1. The lowest BCUT2D eigenvalue weighted by Gasteiger charge is -2.50. The third-order valence-corrected chi connectivity index (χ3v) is 13.7. The van der Waals surface area contributed by atoms with Gasteiger partial charge in [0.05, 0.1) is 65.8 Å². The average Bonchev–Trinajstić information content (AvgIpc) is 3.71. The van der Waals surface area contributed by atoms with E-state index in [0.717, 1.165) is 51.4 Å². The largest absolute Gasteiger partial charge is 0.481 e. The van der Waals surface area contributed by atoms with Crippen LogP contribution in [-0.2, 0) is 42.7 Å². The number of hydrogen-bond donors (Lipinski definition) is 1. The Morgan fingerprint density at radius 1 is 0.918 bits per heavy atom. The van der Waals surface area contributed by atoms with E-state index in [2.05, 4.69) is 48.5 Å².